The van der Waals surface area contributed by atoms with Crippen molar-refractivity contribution >= 4 is 45.1 Å². The van der Waals surface area contributed by atoms with Gasteiger partial charge >= 0.3 is 0 Å². The number of hydrogen-bond acceptors (Lipinski definition) is 10. The molecule has 1 aliphatic carbocycles. The molecule has 5 rings (SSSR count). The minimum Gasteiger partial charge on any atom is -0.393 e. The number of rotatable bonds is 9. The number of pyridine rings is 1. The Morgan fingerprint density at radius 1 is 1.05 bits per heavy atom. The number of thioether (sulfide) groups is 1. The number of nitrogens with one attached hydrogen (secondary N) is 2. The number of fused-ring (bicyclic) bond motifs is 1. The van der Waals surface area contributed by atoms with Crippen molar-refractivity contribution in [1.29, 1.82) is 0 Å². The topological polar surface area (TPSA) is 116 Å². The highest BCUT2D eigenvalue weighted by molar-refractivity contribution is 7.99. The summed E-state index contributed by atoms with van der Waals surface area (Å²) in [5.41, 5.74) is 2.50. The van der Waals surface area contributed by atoms with Crippen LogP contribution >= 0.6 is 23.1 Å². The van der Waals surface area contributed by atoms with Gasteiger partial charge in [0, 0.05) is 35.3 Å². The van der Waals surface area contributed by atoms with Crippen LogP contribution in [0.4, 0.5) is 11.8 Å². The minimum atomic E-state index is -0.957. The van der Waals surface area contributed by atoms with Gasteiger partial charge in [0.15, 0.2) is 0 Å². The first-order valence-corrected chi connectivity index (χ1v) is 14.7. The van der Waals surface area contributed by atoms with Gasteiger partial charge in [0.1, 0.15) is 16.3 Å². The average molecular weight is 551 g/mol. The van der Waals surface area contributed by atoms with Crippen molar-refractivity contribution in [2.24, 2.45) is 5.92 Å². The number of thiazole rings is 1. The van der Waals surface area contributed by atoms with Crippen LogP contribution in [0.25, 0.3) is 20.8 Å². The highest BCUT2D eigenvalue weighted by atomic mass is 32.2. The van der Waals surface area contributed by atoms with E-state index in [-0.39, 0.29) is 12.0 Å². The Bertz CT molecular complexity index is 1410. The van der Waals surface area contributed by atoms with Crippen LogP contribution in [0, 0.1) is 19.8 Å². The normalized spacial score (nSPS) is 19.7. The standard InChI is InChI=1S/C28H34N6O2S2/c1-16-23(26-33-24-17(2)29-11-10-22(24)38-26)25(32-18-14-20(21(35)15-18)28(3,4)36)34-27(31-16)30-12-13-37-19-8-6-5-7-9-19/h5-11,18,20-21,35-36H,12-15H2,1-4H3,(H2,30,31,32,34). The lowest BCUT2D eigenvalue weighted by atomic mass is 9.88. The number of hydrogen-bond donors (Lipinski definition) is 4. The third-order valence-corrected chi connectivity index (χ3v) is 9.02. The zero-order valence-electron chi connectivity index (χ0n) is 22.1. The summed E-state index contributed by atoms with van der Waals surface area (Å²) in [7, 11) is 0. The lowest BCUT2D eigenvalue weighted by molar-refractivity contribution is -0.0314. The van der Waals surface area contributed by atoms with Gasteiger partial charge in [0.2, 0.25) is 5.95 Å². The van der Waals surface area contributed by atoms with E-state index in [2.05, 4.69) is 27.8 Å². The Morgan fingerprint density at radius 3 is 2.55 bits per heavy atom. The van der Waals surface area contributed by atoms with E-state index in [9.17, 15) is 10.2 Å². The number of aliphatic hydroxyl groups excluding tert-OH is 1. The second kappa shape index (κ2) is 11.1. The second-order valence-corrected chi connectivity index (χ2v) is 12.5. The summed E-state index contributed by atoms with van der Waals surface area (Å²) >= 11 is 3.38. The zero-order valence-corrected chi connectivity index (χ0v) is 23.7. The molecular formula is C28H34N6O2S2. The van der Waals surface area contributed by atoms with E-state index < -0.39 is 11.7 Å². The predicted molar refractivity (Wildman–Crippen MR) is 156 cm³/mol. The number of nitrogens with zero attached hydrogens (tertiary/aromatic N) is 4. The van der Waals surface area contributed by atoms with Gasteiger partial charge in [0.05, 0.1) is 33.4 Å². The van der Waals surface area contributed by atoms with Crippen molar-refractivity contribution in [1.82, 2.24) is 19.9 Å². The molecule has 1 aliphatic rings. The third-order valence-electron chi connectivity index (χ3n) is 6.97. The van der Waals surface area contributed by atoms with Gasteiger partial charge in [-0.2, -0.15) is 4.98 Å². The van der Waals surface area contributed by atoms with Gasteiger partial charge in [-0.1, -0.05) is 18.2 Å². The second-order valence-electron chi connectivity index (χ2n) is 10.3. The van der Waals surface area contributed by atoms with Crippen LogP contribution in [-0.4, -0.2) is 60.2 Å². The Morgan fingerprint density at radius 2 is 1.84 bits per heavy atom. The fourth-order valence-electron chi connectivity index (χ4n) is 5.04. The van der Waals surface area contributed by atoms with Gasteiger partial charge in [0.25, 0.3) is 0 Å². The van der Waals surface area contributed by atoms with Gasteiger partial charge < -0.3 is 20.8 Å². The Labute approximate surface area is 231 Å². The van der Waals surface area contributed by atoms with E-state index in [0.717, 1.165) is 37.9 Å². The van der Waals surface area contributed by atoms with Crippen molar-refractivity contribution in [3.8, 4) is 10.6 Å². The maximum absolute atomic E-state index is 10.7. The van der Waals surface area contributed by atoms with Crippen LogP contribution in [0.15, 0.2) is 47.5 Å². The van der Waals surface area contributed by atoms with Crippen molar-refractivity contribution in [3.05, 3.63) is 54.0 Å². The maximum Gasteiger partial charge on any atom is 0.224 e. The summed E-state index contributed by atoms with van der Waals surface area (Å²) < 4.78 is 1.07. The highest BCUT2D eigenvalue weighted by Crippen LogP contribution is 2.40. The summed E-state index contributed by atoms with van der Waals surface area (Å²) in [6.07, 6.45) is 2.41. The summed E-state index contributed by atoms with van der Waals surface area (Å²) in [6, 6.07) is 12.3. The fourth-order valence-corrected chi connectivity index (χ4v) is 6.94. The molecule has 10 heteroatoms. The molecule has 0 saturated heterocycles. The molecule has 200 valence electrons. The molecule has 1 fully saturated rings. The Kier molecular flexibility index (Phi) is 7.85. The summed E-state index contributed by atoms with van der Waals surface area (Å²) in [6.45, 7) is 8.18. The van der Waals surface area contributed by atoms with E-state index in [1.807, 2.05) is 38.1 Å². The largest absolute Gasteiger partial charge is 0.393 e. The van der Waals surface area contributed by atoms with E-state index in [4.69, 9.17) is 15.0 Å². The maximum atomic E-state index is 10.7. The number of aromatic nitrogens is 4. The number of aliphatic hydroxyl groups is 2. The molecule has 3 atom stereocenters. The van der Waals surface area contributed by atoms with Crippen LogP contribution in [0.2, 0.25) is 0 Å². The minimum absolute atomic E-state index is 0.0336. The SMILES string of the molecule is Cc1nc(NCCSc2ccccc2)nc(NC2CC(O)C(C(C)(C)O)C2)c1-c1nc2c(C)nccc2s1. The van der Waals surface area contributed by atoms with Crippen LogP contribution in [-0.2, 0) is 0 Å². The molecule has 1 saturated carbocycles. The lowest BCUT2D eigenvalue weighted by Gasteiger charge is -2.28. The van der Waals surface area contributed by atoms with Crippen LogP contribution in [0.1, 0.15) is 38.1 Å². The quantitative estimate of drug-likeness (QED) is 0.163. The van der Waals surface area contributed by atoms with Crippen molar-refractivity contribution < 1.29 is 10.2 Å². The van der Waals surface area contributed by atoms with Crippen molar-refractivity contribution in [3.63, 3.8) is 0 Å². The lowest BCUT2D eigenvalue weighted by Crippen LogP contribution is -2.35. The van der Waals surface area contributed by atoms with E-state index in [0.29, 0.717) is 31.2 Å². The van der Waals surface area contributed by atoms with E-state index in [1.54, 1.807) is 43.1 Å². The van der Waals surface area contributed by atoms with E-state index >= 15 is 0 Å². The molecule has 3 heterocycles. The monoisotopic (exact) mass is 550 g/mol. The van der Waals surface area contributed by atoms with Gasteiger partial charge in [-0.05, 0) is 58.7 Å². The molecule has 0 amide bonds. The zero-order chi connectivity index (χ0) is 26.9. The molecule has 4 N–H and O–H groups in total. The molecule has 38 heavy (non-hydrogen) atoms. The Balaban J connectivity index is 1.42. The molecule has 0 bridgehead atoms. The van der Waals surface area contributed by atoms with Crippen molar-refractivity contribution in [2.75, 3.05) is 22.9 Å². The first kappa shape index (κ1) is 26.8. The first-order valence-electron chi connectivity index (χ1n) is 12.9. The molecule has 0 spiro atoms. The number of aryl methyl sites for hydroxylation is 2. The summed E-state index contributed by atoms with van der Waals surface area (Å²) in [5.74, 6) is 1.91. The molecule has 8 nitrogen and oxygen atoms in total. The smallest absolute Gasteiger partial charge is 0.224 e. The van der Waals surface area contributed by atoms with Gasteiger partial charge in [-0.15, -0.1) is 23.1 Å². The molecule has 3 aromatic heterocycles. The van der Waals surface area contributed by atoms with Crippen LogP contribution < -0.4 is 10.6 Å². The van der Waals surface area contributed by atoms with Gasteiger partial charge in [-0.3, -0.25) is 4.98 Å². The summed E-state index contributed by atoms with van der Waals surface area (Å²) in [5, 5.41) is 29.0. The summed E-state index contributed by atoms with van der Waals surface area (Å²) in [4.78, 5) is 20.2. The fraction of sp³-hybridized carbons (Fsp3) is 0.429. The average Bonchev–Trinajstić information content (AvgIpc) is 3.46. The number of anilines is 2. The molecular weight excluding hydrogens is 516 g/mol. The van der Waals surface area contributed by atoms with Crippen LogP contribution in [0.3, 0.4) is 0 Å². The third kappa shape index (κ3) is 5.93. The van der Waals surface area contributed by atoms with Crippen LogP contribution in [0.5, 0.6) is 0 Å². The molecule has 1 aromatic carbocycles. The molecule has 0 aliphatic heterocycles. The highest BCUT2D eigenvalue weighted by Gasteiger charge is 2.41. The molecule has 3 unspecified atom stereocenters. The van der Waals surface area contributed by atoms with Crippen molar-refractivity contribution in [2.45, 2.75) is 63.2 Å². The Hall–Kier alpha value is -2.79. The van der Waals surface area contributed by atoms with E-state index in [1.165, 1.54) is 4.90 Å². The predicted octanol–water partition coefficient (Wildman–Crippen LogP) is 5.29. The van der Waals surface area contributed by atoms with Gasteiger partial charge in [-0.25, -0.2) is 9.97 Å². The first-order chi connectivity index (χ1) is 18.2. The molecule has 0 radical (unpaired) electrons. The number of benzene rings is 1. The molecule has 4 aromatic rings.